The molecular formula is C13H20ClFN2. The Morgan fingerprint density at radius 1 is 1.35 bits per heavy atom. The van der Waals surface area contributed by atoms with Crippen LogP contribution in [0.2, 0.25) is 5.02 Å². The maximum Gasteiger partial charge on any atom is 0.126 e. The summed E-state index contributed by atoms with van der Waals surface area (Å²) >= 11 is 5.83. The largest absolute Gasteiger partial charge is 0.378 e. The molecule has 0 aliphatic heterocycles. The van der Waals surface area contributed by atoms with Crippen molar-refractivity contribution in [2.75, 3.05) is 11.9 Å². The first kappa shape index (κ1) is 14.3. The van der Waals surface area contributed by atoms with Crippen molar-refractivity contribution in [1.82, 2.24) is 0 Å². The van der Waals surface area contributed by atoms with Crippen LogP contribution in [0, 0.1) is 5.82 Å². The molecular weight excluding hydrogens is 239 g/mol. The molecule has 0 radical (unpaired) electrons. The average Bonchev–Trinajstić information content (AvgIpc) is 2.27. The van der Waals surface area contributed by atoms with Crippen molar-refractivity contribution in [3.05, 3.63) is 29.0 Å². The third-order valence-corrected chi connectivity index (χ3v) is 3.29. The number of halogens is 2. The van der Waals surface area contributed by atoms with Crippen molar-refractivity contribution in [2.24, 2.45) is 5.73 Å². The lowest BCUT2D eigenvalue weighted by Crippen LogP contribution is -2.44. The summed E-state index contributed by atoms with van der Waals surface area (Å²) in [6.45, 7) is 4.71. The highest BCUT2D eigenvalue weighted by Gasteiger charge is 2.25. The molecule has 1 rings (SSSR count). The normalized spacial score (nSPS) is 14.4. The van der Waals surface area contributed by atoms with Gasteiger partial charge in [-0.15, -0.1) is 0 Å². The van der Waals surface area contributed by atoms with E-state index >= 15 is 0 Å². The number of rotatable bonds is 6. The van der Waals surface area contributed by atoms with Crippen molar-refractivity contribution in [2.45, 2.75) is 38.6 Å². The minimum Gasteiger partial charge on any atom is -0.378 e. The van der Waals surface area contributed by atoms with Gasteiger partial charge in [0.25, 0.3) is 0 Å². The SMILES string of the molecule is CCCC(CC)(CN)Nc1cc(F)cc(Cl)c1. The zero-order valence-corrected chi connectivity index (χ0v) is 11.1. The highest BCUT2D eigenvalue weighted by molar-refractivity contribution is 6.30. The van der Waals surface area contributed by atoms with Gasteiger partial charge in [0.05, 0.1) is 0 Å². The molecule has 1 aromatic rings. The number of benzene rings is 1. The van der Waals surface area contributed by atoms with E-state index in [-0.39, 0.29) is 11.4 Å². The molecule has 0 fully saturated rings. The van der Waals surface area contributed by atoms with E-state index in [2.05, 4.69) is 19.2 Å². The third-order valence-electron chi connectivity index (χ3n) is 3.07. The summed E-state index contributed by atoms with van der Waals surface area (Å²) in [4.78, 5) is 0. The molecule has 0 bridgehead atoms. The molecule has 0 aliphatic rings. The first-order chi connectivity index (χ1) is 8.05. The smallest absolute Gasteiger partial charge is 0.126 e. The lowest BCUT2D eigenvalue weighted by molar-refractivity contribution is 0.421. The minimum atomic E-state index is -0.335. The first-order valence-electron chi connectivity index (χ1n) is 5.99. The van der Waals surface area contributed by atoms with Crippen LogP contribution in [-0.4, -0.2) is 12.1 Å². The van der Waals surface area contributed by atoms with Gasteiger partial charge in [0, 0.05) is 22.8 Å². The molecule has 1 aromatic carbocycles. The fraction of sp³-hybridized carbons (Fsp3) is 0.538. The van der Waals surface area contributed by atoms with Gasteiger partial charge in [0.1, 0.15) is 5.82 Å². The zero-order chi connectivity index (χ0) is 12.9. The Kier molecular flexibility index (Phi) is 5.22. The Hall–Kier alpha value is -0.800. The molecule has 2 nitrogen and oxygen atoms in total. The van der Waals surface area contributed by atoms with E-state index in [0.717, 1.165) is 19.3 Å². The Balaban J connectivity index is 2.92. The maximum atomic E-state index is 13.2. The maximum absolute atomic E-state index is 13.2. The summed E-state index contributed by atoms with van der Waals surface area (Å²) in [7, 11) is 0. The van der Waals surface area contributed by atoms with Gasteiger partial charge >= 0.3 is 0 Å². The standard InChI is InChI=1S/C13H20ClFN2/c1-3-5-13(4-2,9-16)17-12-7-10(14)6-11(15)8-12/h6-8,17H,3-5,9,16H2,1-2H3. The quantitative estimate of drug-likeness (QED) is 0.815. The van der Waals surface area contributed by atoms with Crippen molar-refractivity contribution in [1.29, 1.82) is 0 Å². The van der Waals surface area contributed by atoms with E-state index < -0.39 is 0 Å². The van der Waals surface area contributed by atoms with Gasteiger partial charge in [-0.05, 0) is 31.0 Å². The van der Waals surface area contributed by atoms with Crippen molar-refractivity contribution in [3.8, 4) is 0 Å². The molecule has 0 aromatic heterocycles. The first-order valence-corrected chi connectivity index (χ1v) is 6.37. The van der Waals surface area contributed by atoms with E-state index in [1.54, 1.807) is 6.07 Å². The molecule has 4 heteroatoms. The number of anilines is 1. The fourth-order valence-corrected chi connectivity index (χ4v) is 2.26. The molecule has 0 aliphatic carbocycles. The van der Waals surface area contributed by atoms with Crippen LogP contribution >= 0.6 is 11.6 Å². The summed E-state index contributed by atoms with van der Waals surface area (Å²) in [5.74, 6) is -0.335. The van der Waals surface area contributed by atoms with Crippen LogP contribution in [0.3, 0.4) is 0 Å². The van der Waals surface area contributed by atoms with Crippen molar-refractivity contribution >= 4 is 17.3 Å². The lowest BCUT2D eigenvalue weighted by Gasteiger charge is -2.33. The summed E-state index contributed by atoms with van der Waals surface area (Å²) in [5.41, 5.74) is 6.35. The van der Waals surface area contributed by atoms with E-state index in [1.807, 2.05) is 0 Å². The summed E-state index contributed by atoms with van der Waals surface area (Å²) in [6.07, 6.45) is 2.88. The van der Waals surface area contributed by atoms with Gasteiger partial charge in [-0.2, -0.15) is 0 Å². The molecule has 0 saturated heterocycles. The summed E-state index contributed by atoms with van der Waals surface area (Å²) < 4.78 is 13.2. The minimum absolute atomic E-state index is 0.175. The molecule has 1 unspecified atom stereocenters. The molecule has 3 N–H and O–H groups in total. The van der Waals surface area contributed by atoms with E-state index in [1.165, 1.54) is 12.1 Å². The van der Waals surface area contributed by atoms with Gasteiger partial charge in [-0.25, -0.2) is 4.39 Å². The van der Waals surface area contributed by atoms with Gasteiger partial charge in [0.15, 0.2) is 0 Å². The van der Waals surface area contributed by atoms with E-state index in [4.69, 9.17) is 17.3 Å². The van der Waals surface area contributed by atoms with Crippen LogP contribution in [0.1, 0.15) is 33.1 Å². The van der Waals surface area contributed by atoms with Crippen LogP contribution < -0.4 is 11.1 Å². The van der Waals surface area contributed by atoms with Gasteiger partial charge < -0.3 is 11.1 Å². The fourth-order valence-electron chi connectivity index (χ4n) is 2.04. The van der Waals surface area contributed by atoms with E-state index in [0.29, 0.717) is 17.3 Å². The zero-order valence-electron chi connectivity index (χ0n) is 10.4. The summed E-state index contributed by atoms with van der Waals surface area (Å²) in [5, 5.41) is 3.72. The Morgan fingerprint density at radius 3 is 2.53 bits per heavy atom. The Labute approximate surface area is 107 Å². The van der Waals surface area contributed by atoms with Gasteiger partial charge in [-0.3, -0.25) is 0 Å². The number of hydrogen-bond donors (Lipinski definition) is 2. The molecule has 0 saturated carbocycles. The van der Waals surface area contributed by atoms with Gasteiger partial charge in [0.2, 0.25) is 0 Å². The number of nitrogens with two attached hydrogens (primary N) is 1. The molecule has 96 valence electrons. The predicted octanol–water partition coefficient (Wildman–Crippen LogP) is 3.80. The lowest BCUT2D eigenvalue weighted by atomic mass is 9.90. The van der Waals surface area contributed by atoms with Crippen LogP contribution in [-0.2, 0) is 0 Å². The highest BCUT2D eigenvalue weighted by atomic mass is 35.5. The number of hydrogen-bond acceptors (Lipinski definition) is 2. The van der Waals surface area contributed by atoms with Crippen molar-refractivity contribution < 1.29 is 4.39 Å². The van der Waals surface area contributed by atoms with Crippen LogP contribution in [0.5, 0.6) is 0 Å². The second-order valence-corrected chi connectivity index (χ2v) is 4.81. The second-order valence-electron chi connectivity index (χ2n) is 4.37. The van der Waals surface area contributed by atoms with Crippen LogP contribution in [0.15, 0.2) is 18.2 Å². The molecule has 1 atom stereocenters. The van der Waals surface area contributed by atoms with Crippen molar-refractivity contribution in [3.63, 3.8) is 0 Å². The third kappa shape index (κ3) is 3.86. The average molecular weight is 259 g/mol. The van der Waals surface area contributed by atoms with E-state index in [9.17, 15) is 4.39 Å². The monoisotopic (exact) mass is 258 g/mol. The Bertz CT molecular complexity index is 344. The molecule has 0 spiro atoms. The Morgan fingerprint density at radius 2 is 2.06 bits per heavy atom. The number of nitrogens with one attached hydrogen (secondary N) is 1. The topological polar surface area (TPSA) is 38.0 Å². The molecule has 17 heavy (non-hydrogen) atoms. The predicted molar refractivity (Wildman–Crippen MR) is 72.0 cm³/mol. The second kappa shape index (κ2) is 6.22. The molecule has 0 heterocycles. The van der Waals surface area contributed by atoms with Crippen LogP contribution in [0.4, 0.5) is 10.1 Å². The van der Waals surface area contributed by atoms with Crippen LogP contribution in [0.25, 0.3) is 0 Å². The summed E-state index contributed by atoms with van der Waals surface area (Å²) in [6, 6.07) is 4.46. The highest BCUT2D eigenvalue weighted by Crippen LogP contribution is 2.25. The van der Waals surface area contributed by atoms with Gasteiger partial charge in [-0.1, -0.05) is 31.9 Å². The molecule has 0 amide bonds.